The molecule has 1 aliphatic carbocycles. The van der Waals surface area contributed by atoms with Crippen LogP contribution < -0.4 is 10.0 Å². The summed E-state index contributed by atoms with van der Waals surface area (Å²) >= 11 is 0. The van der Waals surface area contributed by atoms with E-state index in [1.165, 1.54) is 0 Å². The highest BCUT2D eigenvalue weighted by Gasteiger charge is 2.38. The first kappa shape index (κ1) is 21.2. The molecule has 0 radical (unpaired) electrons. The van der Waals surface area contributed by atoms with Crippen molar-refractivity contribution in [2.24, 2.45) is 5.92 Å². The summed E-state index contributed by atoms with van der Waals surface area (Å²) in [6.07, 6.45) is 4.18. The molecule has 2 N–H and O–H groups in total. The molecular weight excluding hydrogens is 382 g/mol. The molecule has 2 aliphatic rings. The highest BCUT2D eigenvalue weighted by Crippen LogP contribution is 2.28. The number of methoxy groups -OCH3 is 1. The number of hydrogen-bond donors (Lipinski definition) is 2. The third-order valence-electron chi connectivity index (χ3n) is 5.55. The lowest BCUT2D eigenvalue weighted by Gasteiger charge is -2.36. The first-order valence-electron chi connectivity index (χ1n) is 9.79. The minimum absolute atomic E-state index is 0.0736. The van der Waals surface area contributed by atoms with Gasteiger partial charge in [-0.05, 0) is 44.2 Å². The van der Waals surface area contributed by atoms with Crippen LogP contribution in [0.2, 0.25) is 0 Å². The fourth-order valence-corrected chi connectivity index (χ4v) is 5.58. The van der Waals surface area contributed by atoms with Gasteiger partial charge >= 0.3 is 0 Å². The number of sulfonamides is 1. The van der Waals surface area contributed by atoms with Crippen molar-refractivity contribution in [1.82, 2.24) is 15.0 Å². The second kappa shape index (κ2) is 9.78. The molecule has 0 aromatic carbocycles. The summed E-state index contributed by atoms with van der Waals surface area (Å²) in [5.74, 6) is -0.326. The fourth-order valence-electron chi connectivity index (χ4n) is 3.91. The third-order valence-corrected chi connectivity index (χ3v) is 7.53. The summed E-state index contributed by atoms with van der Waals surface area (Å²) in [7, 11) is -1.90. The van der Waals surface area contributed by atoms with Crippen LogP contribution in [0.3, 0.4) is 0 Å². The molecule has 0 bridgehead atoms. The van der Waals surface area contributed by atoms with Crippen molar-refractivity contribution in [2.75, 3.05) is 20.3 Å². The Balaban J connectivity index is 1.59. The molecule has 0 unspecified atom stereocenters. The summed E-state index contributed by atoms with van der Waals surface area (Å²) in [4.78, 5) is 16.8. The van der Waals surface area contributed by atoms with Gasteiger partial charge in [-0.3, -0.25) is 9.78 Å². The first-order valence-corrected chi connectivity index (χ1v) is 11.3. The Morgan fingerprint density at radius 1 is 1.25 bits per heavy atom. The van der Waals surface area contributed by atoms with Crippen molar-refractivity contribution in [3.63, 3.8) is 0 Å². The number of pyridine rings is 1. The molecule has 1 saturated heterocycles. The number of nitrogens with zero attached hydrogens (tertiary/aromatic N) is 1. The number of carbonyl (C=O) groups is 1. The molecule has 2 fully saturated rings. The first-order chi connectivity index (χ1) is 13.5. The number of aromatic nitrogens is 1. The van der Waals surface area contributed by atoms with Crippen LogP contribution >= 0.6 is 0 Å². The Labute approximate surface area is 166 Å². The largest absolute Gasteiger partial charge is 0.381 e. The molecule has 3 rings (SSSR count). The van der Waals surface area contributed by atoms with E-state index in [9.17, 15) is 13.2 Å². The Hall–Kier alpha value is -1.55. The van der Waals surface area contributed by atoms with Gasteiger partial charge in [-0.1, -0.05) is 6.07 Å². The SMILES string of the molecule is CO[C@@H]1CC[C@H](C(=O)NCc2ccccn2)C[C@H]1NS(=O)(=O)C1CCOCC1. The molecule has 2 heterocycles. The van der Waals surface area contributed by atoms with Crippen LogP contribution in [0.5, 0.6) is 0 Å². The van der Waals surface area contributed by atoms with Crippen LogP contribution in [0.1, 0.15) is 37.8 Å². The Morgan fingerprint density at radius 3 is 2.71 bits per heavy atom. The normalized spacial score (nSPS) is 26.7. The van der Waals surface area contributed by atoms with Crippen LogP contribution in [0, 0.1) is 5.92 Å². The van der Waals surface area contributed by atoms with Crippen LogP contribution in [0.4, 0.5) is 0 Å². The van der Waals surface area contributed by atoms with E-state index in [2.05, 4.69) is 15.0 Å². The lowest BCUT2D eigenvalue weighted by molar-refractivity contribution is -0.127. The molecule has 156 valence electrons. The summed E-state index contributed by atoms with van der Waals surface area (Å²) in [6.45, 7) is 1.29. The van der Waals surface area contributed by atoms with Crippen molar-refractivity contribution >= 4 is 15.9 Å². The van der Waals surface area contributed by atoms with Gasteiger partial charge in [-0.2, -0.15) is 0 Å². The Kier molecular flexibility index (Phi) is 7.39. The van der Waals surface area contributed by atoms with E-state index in [0.717, 1.165) is 5.69 Å². The minimum Gasteiger partial charge on any atom is -0.381 e. The molecule has 28 heavy (non-hydrogen) atoms. The van der Waals surface area contributed by atoms with Crippen molar-refractivity contribution < 1.29 is 22.7 Å². The maximum Gasteiger partial charge on any atom is 0.223 e. The van der Waals surface area contributed by atoms with Crippen molar-refractivity contribution in [3.05, 3.63) is 30.1 Å². The zero-order valence-electron chi connectivity index (χ0n) is 16.2. The molecule has 1 amide bonds. The molecule has 1 saturated carbocycles. The summed E-state index contributed by atoms with van der Waals surface area (Å²) in [5, 5.41) is 2.47. The second-order valence-corrected chi connectivity index (χ2v) is 9.40. The molecule has 1 aliphatic heterocycles. The lowest BCUT2D eigenvalue weighted by Crippen LogP contribution is -2.52. The van der Waals surface area contributed by atoms with E-state index in [4.69, 9.17) is 9.47 Å². The van der Waals surface area contributed by atoms with E-state index in [-0.39, 0.29) is 17.9 Å². The van der Waals surface area contributed by atoms with Gasteiger partial charge in [0.15, 0.2) is 0 Å². The number of rotatable bonds is 7. The van der Waals surface area contributed by atoms with Gasteiger partial charge < -0.3 is 14.8 Å². The average Bonchev–Trinajstić information content (AvgIpc) is 2.73. The van der Waals surface area contributed by atoms with E-state index in [1.54, 1.807) is 13.3 Å². The zero-order chi connectivity index (χ0) is 20.0. The smallest absolute Gasteiger partial charge is 0.223 e. The van der Waals surface area contributed by atoms with Crippen LogP contribution in [0.25, 0.3) is 0 Å². The van der Waals surface area contributed by atoms with Crippen molar-refractivity contribution in [1.29, 1.82) is 0 Å². The van der Waals surface area contributed by atoms with Gasteiger partial charge in [0.05, 0.1) is 23.6 Å². The minimum atomic E-state index is -3.48. The third kappa shape index (κ3) is 5.50. The van der Waals surface area contributed by atoms with Gasteiger partial charge in [0.25, 0.3) is 0 Å². The van der Waals surface area contributed by atoms with Gasteiger partial charge in [-0.15, -0.1) is 0 Å². The Bertz CT molecular complexity index is 737. The summed E-state index contributed by atoms with van der Waals surface area (Å²) in [5.41, 5.74) is 0.790. The van der Waals surface area contributed by atoms with E-state index < -0.39 is 21.3 Å². The van der Waals surface area contributed by atoms with Crippen LogP contribution in [0.15, 0.2) is 24.4 Å². The predicted octanol–water partition coefficient (Wildman–Crippen LogP) is 0.980. The predicted molar refractivity (Wildman–Crippen MR) is 104 cm³/mol. The molecule has 3 atom stereocenters. The molecule has 0 spiro atoms. The Morgan fingerprint density at radius 2 is 2.04 bits per heavy atom. The molecule has 1 aromatic heterocycles. The number of nitrogens with one attached hydrogen (secondary N) is 2. The average molecular weight is 412 g/mol. The number of ether oxygens (including phenoxy) is 2. The summed E-state index contributed by atoms with van der Waals surface area (Å²) in [6, 6.07) is 5.15. The monoisotopic (exact) mass is 411 g/mol. The lowest BCUT2D eigenvalue weighted by atomic mass is 9.83. The number of hydrogen-bond acceptors (Lipinski definition) is 6. The van der Waals surface area contributed by atoms with E-state index in [1.807, 2.05) is 18.2 Å². The standard InChI is InChI=1S/C19H29N3O5S/c1-26-18-6-5-14(19(23)21-13-15-4-2-3-9-20-15)12-17(18)22-28(24,25)16-7-10-27-11-8-16/h2-4,9,14,16-18,22H,5-8,10-13H2,1H3,(H,21,23)/t14-,17+,18+/m0/s1. The molecule has 1 aromatic rings. The van der Waals surface area contributed by atoms with Gasteiger partial charge in [0.1, 0.15) is 0 Å². The van der Waals surface area contributed by atoms with Crippen LogP contribution in [-0.2, 0) is 30.8 Å². The van der Waals surface area contributed by atoms with E-state index >= 15 is 0 Å². The highest BCUT2D eigenvalue weighted by molar-refractivity contribution is 7.90. The molecule has 9 heteroatoms. The molecule has 8 nitrogen and oxygen atoms in total. The molecular formula is C19H29N3O5S. The number of amides is 1. The highest BCUT2D eigenvalue weighted by atomic mass is 32.2. The van der Waals surface area contributed by atoms with Crippen molar-refractivity contribution in [2.45, 2.75) is 56.0 Å². The number of carbonyl (C=O) groups excluding carboxylic acids is 1. The van der Waals surface area contributed by atoms with Gasteiger partial charge in [0.2, 0.25) is 15.9 Å². The van der Waals surface area contributed by atoms with Crippen LogP contribution in [-0.4, -0.2) is 57.0 Å². The quantitative estimate of drug-likeness (QED) is 0.693. The topological polar surface area (TPSA) is 107 Å². The second-order valence-electron chi connectivity index (χ2n) is 7.40. The maximum atomic E-state index is 12.8. The van der Waals surface area contributed by atoms with Crippen molar-refractivity contribution in [3.8, 4) is 0 Å². The summed E-state index contributed by atoms with van der Waals surface area (Å²) < 4.78 is 39.1. The van der Waals surface area contributed by atoms with Gasteiger partial charge in [0, 0.05) is 38.5 Å². The fraction of sp³-hybridized carbons (Fsp3) is 0.684. The van der Waals surface area contributed by atoms with Gasteiger partial charge in [-0.25, -0.2) is 13.1 Å². The zero-order valence-corrected chi connectivity index (χ0v) is 17.0. The van der Waals surface area contributed by atoms with E-state index in [0.29, 0.717) is 51.9 Å². The maximum absolute atomic E-state index is 12.8.